The number of benzene rings is 1. The highest BCUT2D eigenvalue weighted by atomic mass is 35.5. The molecule has 0 atom stereocenters. The number of hydrogen-bond donors (Lipinski definition) is 3. The molecule has 0 unspecified atom stereocenters. The highest BCUT2D eigenvalue weighted by Gasteiger charge is 2.20. The Bertz CT molecular complexity index is 521. The normalized spacial score (nSPS) is 11.3. The molecule has 1 aromatic carbocycles. The second-order valence-electron chi connectivity index (χ2n) is 2.58. The molecule has 6 nitrogen and oxygen atoms in total. The van der Waals surface area contributed by atoms with Crippen LogP contribution in [0.3, 0.4) is 0 Å². The van der Waals surface area contributed by atoms with Crippen molar-refractivity contribution in [2.45, 2.75) is 4.90 Å². The van der Waals surface area contributed by atoms with Crippen molar-refractivity contribution in [1.82, 2.24) is 0 Å². The molecule has 0 amide bonds. The van der Waals surface area contributed by atoms with Gasteiger partial charge in [0.05, 0.1) is 5.02 Å². The van der Waals surface area contributed by atoms with E-state index in [-0.39, 0.29) is 0 Å². The van der Waals surface area contributed by atoms with Crippen molar-refractivity contribution in [2.75, 3.05) is 0 Å². The van der Waals surface area contributed by atoms with Crippen LogP contribution in [0.4, 0.5) is 0 Å². The lowest BCUT2D eigenvalue weighted by Gasteiger charge is -2.04. The summed E-state index contributed by atoms with van der Waals surface area (Å²) in [5.74, 6) is -2.21. The fourth-order valence-electron chi connectivity index (χ4n) is 0.912. The zero-order valence-corrected chi connectivity index (χ0v) is 8.58. The standard InChI is InChI=1S/C7H5ClO6S/c8-4-2-5(9)3(7(10)11)1-6(4)15(12,13)14/h1-2,9H,(H,10,11)(H,12,13,14). The second-order valence-corrected chi connectivity index (χ2v) is 4.38. The fraction of sp³-hybridized carbons (Fsp3) is 0. The predicted octanol–water partition coefficient (Wildman–Crippen LogP) is 0.990. The molecule has 0 spiro atoms. The maximum absolute atomic E-state index is 10.7. The van der Waals surface area contributed by atoms with E-state index in [0.29, 0.717) is 6.07 Å². The van der Waals surface area contributed by atoms with Gasteiger partial charge in [-0.3, -0.25) is 4.55 Å². The van der Waals surface area contributed by atoms with Crippen molar-refractivity contribution in [3.63, 3.8) is 0 Å². The SMILES string of the molecule is O=C(O)c1cc(S(=O)(=O)O)c(Cl)cc1O. The number of carboxylic acid groups (broad SMARTS) is 1. The molecule has 0 radical (unpaired) electrons. The van der Waals surface area contributed by atoms with E-state index in [4.69, 9.17) is 26.4 Å². The molecule has 3 N–H and O–H groups in total. The van der Waals surface area contributed by atoms with Gasteiger partial charge in [-0.2, -0.15) is 8.42 Å². The molecular weight excluding hydrogens is 248 g/mol. The minimum absolute atomic E-state index is 0.458. The first-order valence-electron chi connectivity index (χ1n) is 3.47. The molecule has 8 heteroatoms. The van der Waals surface area contributed by atoms with Gasteiger partial charge in [0, 0.05) is 6.07 Å². The van der Waals surface area contributed by atoms with Crippen LogP contribution in [0.25, 0.3) is 0 Å². The molecule has 82 valence electrons. The molecule has 1 aromatic rings. The van der Waals surface area contributed by atoms with E-state index >= 15 is 0 Å². The number of carbonyl (C=O) groups is 1. The third-order valence-corrected chi connectivity index (χ3v) is 2.88. The number of carboxylic acids is 1. The van der Waals surface area contributed by atoms with E-state index in [1.165, 1.54) is 0 Å². The Morgan fingerprint density at radius 1 is 1.33 bits per heavy atom. The zero-order valence-electron chi connectivity index (χ0n) is 7.01. The van der Waals surface area contributed by atoms with E-state index in [1.807, 2.05) is 0 Å². The maximum atomic E-state index is 10.7. The van der Waals surface area contributed by atoms with Gasteiger partial charge in [0.1, 0.15) is 16.2 Å². The molecule has 0 aliphatic rings. The van der Waals surface area contributed by atoms with Crippen LogP contribution in [-0.2, 0) is 10.1 Å². The van der Waals surface area contributed by atoms with Gasteiger partial charge >= 0.3 is 5.97 Å². The van der Waals surface area contributed by atoms with Crippen LogP contribution in [0.15, 0.2) is 17.0 Å². The summed E-state index contributed by atoms with van der Waals surface area (Å²) in [5, 5.41) is 17.2. The summed E-state index contributed by atoms with van der Waals surface area (Å²) >= 11 is 5.40. The minimum atomic E-state index is -4.61. The smallest absolute Gasteiger partial charge is 0.339 e. The lowest BCUT2D eigenvalue weighted by molar-refractivity contribution is 0.0693. The van der Waals surface area contributed by atoms with E-state index in [2.05, 4.69) is 0 Å². The zero-order chi connectivity index (χ0) is 11.8. The average Bonchev–Trinajstić information content (AvgIpc) is 2.00. The predicted molar refractivity (Wildman–Crippen MR) is 49.9 cm³/mol. The summed E-state index contributed by atoms with van der Waals surface area (Å²) in [6, 6.07) is 1.31. The first-order chi connectivity index (χ1) is 6.73. The lowest BCUT2D eigenvalue weighted by Crippen LogP contribution is -2.03. The quantitative estimate of drug-likeness (QED) is 0.677. The molecule has 0 fully saturated rings. The Balaban J connectivity index is 3.58. The van der Waals surface area contributed by atoms with E-state index in [9.17, 15) is 13.2 Å². The van der Waals surface area contributed by atoms with Crippen molar-refractivity contribution in [3.8, 4) is 5.75 Å². The Labute approximate surface area is 89.5 Å². The van der Waals surface area contributed by atoms with E-state index < -0.39 is 37.3 Å². The van der Waals surface area contributed by atoms with Gasteiger partial charge in [-0.05, 0) is 6.07 Å². The van der Waals surface area contributed by atoms with E-state index in [1.54, 1.807) is 0 Å². The third-order valence-electron chi connectivity index (χ3n) is 1.56. The van der Waals surface area contributed by atoms with Crippen molar-refractivity contribution >= 4 is 27.7 Å². The summed E-state index contributed by atoms with van der Waals surface area (Å²) < 4.78 is 30.2. The Kier molecular flexibility index (Phi) is 2.89. The van der Waals surface area contributed by atoms with Crippen molar-refractivity contribution in [2.24, 2.45) is 0 Å². The summed E-state index contributed by atoms with van der Waals surface area (Å²) in [4.78, 5) is 9.77. The Morgan fingerprint density at radius 3 is 2.27 bits per heavy atom. The molecule has 0 saturated heterocycles. The van der Waals surface area contributed by atoms with Gasteiger partial charge in [-0.1, -0.05) is 11.6 Å². The van der Waals surface area contributed by atoms with Gasteiger partial charge in [0.15, 0.2) is 0 Å². The molecular formula is C7H5ClO6S. The van der Waals surface area contributed by atoms with Gasteiger partial charge in [-0.25, -0.2) is 4.79 Å². The molecule has 0 aromatic heterocycles. The summed E-state index contributed by atoms with van der Waals surface area (Å²) in [6.45, 7) is 0. The average molecular weight is 253 g/mol. The van der Waals surface area contributed by atoms with Crippen molar-refractivity contribution < 1.29 is 28.0 Å². The lowest BCUT2D eigenvalue weighted by atomic mass is 10.2. The highest BCUT2D eigenvalue weighted by Crippen LogP contribution is 2.29. The molecule has 0 saturated carbocycles. The molecule has 0 heterocycles. The van der Waals surface area contributed by atoms with Gasteiger partial charge in [0.2, 0.25) is 0 Å². The van der Waals surface area contributed by atoms with Crippen molar-refractivity contribution in [3.05, 3.63) is 22.7 Å². The van der Waals surface area contributed by atoms with Crippen LogP contribution in [0, 0.1) is 0 Å². The number of aromatic hydroxyl groups is 1. The van der Waals surface area contributed by atoms with Crippen LogP contribution in [-0.4, -0.2) is 29.2 Å². The molecule has 0 aliphatic carbocycles. The minimum Gasteiger partial charge on any atom is -0.507 e. The van der Waals surface area contributed by atoms with Crippen LogP contribution < -0.4 is 0 Å². The van der Waals surface area contributed by atoms with Crippen LogP contribution in [0.2, 0.25) is 5.02 Å². The van der Waals surface area contributed by atoms with Crippen LogP contribution in [0.5, 0.6) is 5.75 Å². The highest BCUT2D eigenvalue weighted by molar-refractivity contribution is 7.86. The summed E-state index contributed by atoms with van der Waals surface area (Å²) in [5.41, 5.74) is -0.660. The van der Waals surface area contributed by atoms with Crippen LogP contribution >= 0.6 is 11.6 Å². The molecule has 1 rings (SSSR count). The Hall–Kier alpha value is -1.31. The van der Waals surface area contributed by atoms with Gasteiger partial charge in [0.25, 0.3) is 10.1 Å². The number of aromatic carboxylic acids is 1. The largest absolute Gasteiger partial charge is 0.507 e. The number of phenols is 1. The molecule has 15 heavy (non-hydrogen) atoms. The van der Waals surface area contributed by atoms with E-state index in [0.717, 1.165) is 6.07 Å². The first kappa shape index (κ1) is 11.8. The van der Waals surface area contributed by atoms with Crippen molar-refractivity contribution in [1.29, 1.82) is 0 Å². The number of hydrogen-bond acceptors (Lipinski definition) is 4. The fourth-order valence-corrected chi connectivity index (χ4v) is 1.93. The number of halogens is 1. The Morgan fingerprint density at radius 2 is 1.87 bits per heavy atom. The third kappa shape index (κ3) is 2.38. The molecule has 0 aliphatic heterocycles. The molecule has 0 bridgehead atoms. The van der Waals surface area contributed by atoms with Crippen LogP contribution in [0.1, 0.15) is 10.4 Å². The second kappa shape index (κ2) is 3.69. The summed E-state index contributed by atoms with van der Waals surface area (Å²) in [7, 11) is -4.61. The topological polar surface area (TPSA) is 112 Å². The summed E-state index contributed by atoms with van der Waals surface area (Å²) in [6.07, 6.45) is 0. The van der Waals surface area contributed by atoms with Gasteiger partial charge < -0.3 is 10.2 Å². The first-order valence-corrected chi connectivity index (χ1v) is 5.28. The maximum Gasteiger partial charge on any atom is 0.339 e. The van der Waals surface area contributed by atoms with Gasteiger partial charge in [-0.15, -0.1) is 0 Å². The monoisotopic (exact) mass is 252 g/mol. The number of rotatable bonds is 2.